The number of hydrogen-bond acceptors (Lipinski definition) is 3. The fourth-order valence-corrected chi connectivity index (χ4v) is 1.84. The molecular formula is C14H17FN2O2. The van der Waals surface area contributed by atoms with E-state index < -0.39 is 5.82 Å². The number of halogens is 1. The van der Waals surface area contributed by atoms with Crippen LogP contribution in [0.1, 0.15) is 32.0 Å². The molecule has 0 bridgehead atoms. The van der Waals surface area contributed by atoms with E-state index in [0.717, 1.165) is 5.56 Å². The molecule has 0 amide bonds. The zero-order valence-corrected chi connectivity index (χ0v) is 11.5. The Hall–Kier alpha value is -1.75. The van der Waals surface area contributed by atoms with E-state index >= 15 is 0 Å². The summed E-state index contributed by atoms with van der Waals surface area (Å²) in [5.74, 6) is -0.498. The van der Waals surface area contributed by atoms with E-state index in [-0.39, 0.29) is 23.2 Å². The van der Waals surface area contributed by atoms with Crippen LogP contribution in [0.4, 0.5) is 4.39 Å². The second kappa shape index (κ2) is 4.74. The van der Waals surface area contributed by atoms with Crippen LogP contribution in [0.3, 0.4) is 0 Å². The first-order valence-corrected chi connectivity index (χ1v) is 6.04. The fourth-order valence-electron chi connectivity index (χ4n) is 1.84. The molecule has 4 nitrogen and oxygen atoms in total. The van der Waals surface area contributed by atoms with Gasteiger partial charge in [0.2, 0.25) is 0 Å². The molecule has 19 heavy (non-hydrogen) atoms. The predicted octanol–water partition coefficient (Wildman–Crippen LogP) is 2.28. The van der Waals surface area contributed by atoms with Crippen LogP contribution in [0, 0.1) is 5.82 Å². The van der Waals surface area contributed by atoms with Crippen LogP contribution < -0.4 is 5.56 Å². The molecular weight excluding hydrogens is 247 g/mol. The molecule has 0 aliphatic rings. The Bertz CT molecular complexity index is 671. The van der Waals surface area contributed by atoms with Crippen molar-refractivity contribution in [2.24, 2.45) is 0 Å². The summed E-state index contributed by atoms with van der Waals surface area (Å²) < 4.78 is 20.3. The lowest BCUT2D eigenvalue weighted by Crippen LogP contribution is -2.20. The lowest BCUT2D eigenvalue weighted by Gasteiger charge is -2.19. The minimum Gasteiger partial charge on any atom is -0.378 e. The number of nitrogens with zero attached hydrogens (tertiary/aromatic N) is 2. The van der Waals surface area contributed by atoms with Crippen molar-refractivity contribution in [1.29, 1.82) is 0 Å². The third-order valence-corrected chi connectivity index (χ3v) is 2.93. The maximum absolute atomic E-state index is 14.1. The lowest BCUT2D eigenvalue weighted by molar-refractivity contribution is 0.181. The van der Waals surface area contributed by atoms with Gasteiger partial charge in [-0.15, -0.1) is 0 Å². The number of methoxy groups -OCH3 is 1. The standard InChI is InChI=1S/C14H17FN2O2/c1-14(2,3)9-5-11(15)13-16-10(8-19-4)6-12(18)17(13)7-9/h5-7H,8H2,1-4H3. The van der Waals surface area contributed by atoms with E-state index in [9.17, 15) is 9.18 Å². The number of ether oxygens (including phenoxy) is 1. The van der Waals surface area contributed by atoms with Crippen molar-refractivity contribution in [3.8, 4) is 0 Å². The maximum Gasteiger partial charge on any atom is 0.258 e. The van der Waals surface area contributed by atoms with E-state index in [1.165, 1.54) is 23.6 Å². The largest absolute Gasteiger partial charge is 0.378 e. The van der Waals surface area contributed by atoms with Gasteiger partial charge in [0.05, 0.1) is 12.3 Å². The number of hydrogen-bond donors (Lipinski definition) is 0. The first kappa shape index (κ1) is 13.7. The lowest BCUT2D eigenvalue weighted by atomic mass is 9.88. The average molecular weight is 264 g/mol. The summed E-state index contributed by atoms with van der Waals surface area (Å²) in [4.78, 5) is 16.1. The molecule has 102 valence electrons. The van der Waals surface area contributed by atoms with Crippen LogP contribution in [-0.4, -0.2) is 16.5 Å². The average Bonchev–Trinajstić information content (AvgIpc) is 2.29. The summed E-state index contributed by atoms with van der Waals surface area (Å²) in [6.07, 6.45) is 1.64. The molecule has 0 aliphatic heterocycles. The van der Waals surface area contributed by atoms with Gasteiger partial charge in [-0.25, -0.2) is 9.37 Å². The highest BCUT2D eigenvalue weighted by Gasteiger charge is 2.17. The minimum absolute atomic E-state index is 0.0348. The summed E-state index contributed by atoms with van der Waals surface area (Å²) in [5, 5.41) is 0. The highest BCUT2D eigenvalue weighted by atomic mass is 19.1. The van der Waals surface area contributed by atoms with Crippen molar-refractivity contribution in [1.82, 2.24) is 9.38 Å². The van der Waals surface area contributed by atoms with Gasteiger partial charge in [-0.2, -0.15) is 0 Å². The molecule has 2 aromatic rings. The van der Waals surface area contributed by atoms with Gasteiger partial charge < -0.3 is 4.74 Å². The van der Waals surface area contributed by atoms with Crippen molar-refractivity contribution < 1.29 is 9.13 Å². The third-order valence-electron chi connectivity index (χ3n) is 2.93. The van der Waals surface area contributed by atoms with Gasteiger partial charge in [0.15, 0.2) is 11.5 Å². The first-order chi connectivity index (χ1) is 8.82. The monoisotopic (exact) mass is 264 g/mol. The molecule has 0 radical (unpaired) electrons. The van der Waals surface area contributed by atoms with Crippen molar-refractivity contribution in [3.63, 3.8) is 0 Å². The summed E-state index contributed by atoms with van der Waals surface area (Å²) >= 11 is 0. The van der Waals surface area contributed by atoms with Gasteiger partial charge in [0.1, 0.15) is 0 Å². The maximum atomic E-state index is 14.1. The molecule has 5 heteroatoms. The number of rotatable bonds is 2. The second-order valence-corrected chi connectivity index (χ2v) is 5.54. The van der Waals surface area contributed by atoms with E-state index in [0.29, 0.717) is 5.69 Å². The summed E-state index contributed by atoms with van der Waals surface area (Å²) in [6, 6.07) is 2.79. The number of fused-ring (bicyclic) bond motifs is 1. The molecule has 0 spiro atoms. The molecule has 0 saturated heterocycles. The highest BCUT2D eigenvalue weighted by molar-refractivity contribution is 5.43. The van der Waals surface area contributed by atoms with E-state index in [4.69, 9.17) is 4.74 Å². The molecule has 0 aromatic carbocycles. The third kappa shape index (κ3) is 2.66. The van der Waals surface area contributed by atoms with Gasteiger partial charge in [0, 0.05) is 19.4 Å². The molecule has 0 N–H and O–H groups in total. The normalized spacial score (nSPS) is 12.1. The zero-order valence-electron chi connectivity index (χ0n) is 11.5. The van der Waals surface area contributed by atoms with Gasteiger partial charge in [-0.3, -0.25) is 9.20 Å². The summed E-state index contributed by atoms with van der Waals surface area (Å²) in [7, 11) is 1.50. The Labute approximate surface area is 110 Å². The highest BCUT2D eigenvalue weighted by Crippen LogP contribution is 2.23. The Morgan fingerprint density at radius 1 is 1.37 bits per heavy atom. The van der Waals surface area contributed by atoms with E-state index in [1.54, 1.807) is 6.20 Å². The SMILES string of the molecule is COCc1cc(=O)n2cc(C(C)(C)C)cc(F)c2n1. The molecule has 0 saturated carbocycles. The van der Waals surface area contributed by atoms with Crippen molar-refractivity contribution >= 4 is 5.65 Å². The molecule has 0 atom stereocenters. The van der Waals surface area contributed by atoms with Crippen LogP contribution in [0.15, 0.2) is 23.1 Å². The quantitative estimate of drug-likeness (QED) is 0.835. The minimum atomic E-state index is -0.498. The van der Waals surface area contributed by atoms with Crippen LogP contribution in [0.25, 0.3) is 5.65 Å². The van der Waals surface area contributed by atoms with Gasteiger partial charge >= 0.3 is 0 Å². The van der Waals surface area contributed by atoms with Crippen molar-refractivity contribution in [2.75, 3.05) is 7.11 Å². The molecule has 0 unspecified atom stereocenters. The molecule has 2 heterocycles. The van der Waals surface area contributed by atoms with Crippen LogP contribution >= 0.6 is 0 Å². The molecule has 0 aliphatic carbocycles. The first-order valence-electron chi connectivity index (χ1n) is 6.04. The Balaban J connectivity index is 2.73. The van der Waals surface area contributed by atoms with Gasteiger partial charge in [0.25, 0.3) is 5.56 Å². The van der Waals surface area contributed by atoms with Crippen molar-refractivity contribution in [2.45, 2.75) is 32.8 Å². The zero-order chi connectivity index (χ0) is 14.2. The number of aromatic nitrogens is 2. The smallest absolute Gasteiger partial charge is 0.258 e. The topological polar surface area (TPSA) is 43.6 Å². The Kier molecular flexibility index (Phi) is 3.41. The van der Waals surface area contributed by atoms with Crippen molar-refractivity contribution in [3.05, 3.63) is 45.8 Å². The second-order valence-electron chi connectivity index (χ2n) is 5.54. The summed E-state index contributed by atoms with van der Waals surface area (Å²) in [6.45, 7) is 6.08. The predicted molar refractivity (Wildman–Crippen MR) is 70.8 cm³/mol. The number of pyridine rings is 1. The molecule has 2 aromatic heterocycles. The van der Waals surface area contributed by atoms with Crippen LogP contribution in [-0.2, 0) is 16.8 Å². The Morgan fingerprint density at radius 3 is 2.63 bits per heavy atom. The van der Waals surface area contributed by atoms with Gasteiger partial charge in [-0.05, 0) is 17.0 Å². The molecule has 2 rings (SSSR count). The van der Waals surface area contributed by atoms with Gasteiger partial charge in [-0.1, -0.05) is 20.8 Å². The summed E-state index contributed by atoms with van der Waals surface area (Å²) in [5.41, 5.74) is 0.671. The molecule has 0 fully saturated rings. The van der Waals surface area contributed by atoms with E-state index in [2.05, 4.69) is 4.98 Å². The Morgan fingerprint density at radius 2 is 2.05 bits per heavy atom. The van der Waals surface area contributed by atoms with Crippen LogP contribution in [0.5, 0.6) is 0 Å². The fraction of sp³-hybridized carbons (Fsp3) is 0.429. The van der Waals surface area contributed by atoms with Crippen LogP contribution in [0.2, 0.25) is 0 Å². The van der Waals surface area contributed by atoms with E-state index in [1.807, 2.05) is 20.8 Å².